The lowest BCUT2D eigenvalue weighted by molar-refractivity contribution is -0.125. The number of hydrogen-bond donors (Lipinski definition) is 2. The molecule has 0 saturated heterocycles. The molecule has 0 radical (unpaired) electrons. The molecule has 1 fully saturated rings. The second-order valence-electron chi connectivity index (χ2n) is 6.61. The standard InChI is InChI=1S/C19H25N3O3S/c1-2-25-14-8-9-15-16(11-14)26-19(21-15)22-18(24)12-20-17(23)10-13-6-4-3-5-7-13/h8-9,11,13H,2-7,10,12H2,1H3,(H,20,23)(H,21,22,24). The highest BCUT2D eigenvalue weighted by atomic mass is 32.1. The highest BCUT2D eigenvalue weighted by Crippen LogP contribution is 2.29. The van der Waals surface area contributed by atoms with Gasteiger partial charge in [0.05, 0.1) is 23.4 Å². The van der Waals surface area contributed by atoms with E-state index in [-0.39, 0.29) is 18.4 Å². The Morgan fingerprint density at radius 3 is 2.81 bits per heavy atom. The van der Waals surface area contributed by atoms with Crippen molar-refractivity contribution in [3.8, 4) is 5.75 Å². The number of fused-ring (bicyclic) bond motifs is 1. The minimum absolute atomic E-state index is 0.0221. The van der Waals surface area contributed by atoms with Crippen molar-refractivity contribution >= 4 is 38.5 Å². The molecule has 1 aliphatic rings. The van der Waals surface area contributed by atoms with Crippen LogP contribution in [0, 0.1) is 5.92 Å². The Balaban J connectivity index is 1.48. The maximum absolute atomic E-state index is 12.1. The van der Waals surface area contributed by atoms with E-state index in [4.69, 9.17) is 4.74 Å². The lowest BCUT2D eigenvalue weighted by Crippen LogP contribution is -2.34. The first-order valence-corrected chi connectivity index (χ1v) is 10.1. The van der Waals surface area contributed by atoms with Gasteiger partial charge in [-0.05, 0) is 43.9 Å². The lowest BCUT2D eigenvalue weighted by Gasteiger charge is -2.20. The molecule has 1 heterocycles. The third kappa shape index (κ3) is 5.17. The maximum atomic E-state index is 12.1. The number of amides is 2. The molecule has 1 aromatic carbocycles. The molecule has 1 saturated carbocycles. The molecule has 0 atom stereocenters. The molecule has 2 amide bonds. The molecule has 0 aliphatic heterocycles. The van der Waals surface area contributed by atoms with Crippen LogP contribution in [0.3, 0.4) is 0 Å². The number of anilines is 1. The average molecular weight is 375 g/mol. The van der Waals surface area contributed by atoms with Crippen LogP contribution in [0.2, 0.25) is 0 Å². The van der Waals surface area contributed by atoms with E-state index in [1.54, 1.807) is 0 Å². The summed E-state index contributed by atoms with van der Waals surface area (Å²) in [6.07, 6.45) is 6.45. The summed E-state index contributed by atoms with van der Waals surface area (Å²) >= 11 is 1.39. The monoisotopic (exact) mass is 375 g/mol. The molecule has 7 heteroatoms. The highest BCUT2D eigenvalue weighted by molar-refractivity contribution is 7.22. The predicted octanol–water partition coefficient (Wildman–Crippen LogP) is 3.72. The number of hydrogen-bond acceptors (Lipinski definition) is 5. The molecule has 1 aliphatic carbocycles. The molecule has 2 aromatic rings. The van der Waals surface area contributed by atoms with Gasteiger partial charge in [0.1, 0.15) is 5.75 Å². The smallest absolute Gasteiger partial charge is 0.245 e. The van der Waals surface area contributed by atoms with Crippen LogP contribution in [-0.4, -0.2) is 29.9 Å². The zero-order chi connectivity index (χ0) is 18.4. The highest BCUT2D eigenvalue weighted by Gasteiger charge is 2.17. The van der Waals surface area contributed by atoms with E-state index in [0.29, 0.717) is 24.1 Å². The summed E-state index contributed by atoms with van der Waals surface area (Å²) in [7, 11) is 0. The molecule has 0 unspecified atom stereocenters. The Morgan fingerprint density at radius 2 is 2.04 bits per heavy atom. The Labute approximate surface area is 157 Å². The van der Waals surface area contributed by atoms with Crippen LogP contribution in [0.4, 0.5) is 5.13 Å². The molecule has 2 N–H and O–H groups in total. The van der Waals surface area contributed by atoms with Crippen LogP contribution >= 0.6 is 11.3 Å². The minimum Gasteiger partial charge on any atom is -0.494 e. The number of nitrogens with one attached hydrogen (secondary N) is 2. The van der Waals surface area contributed by atoms with Gasteiger partial charge in [-0.3, -0.25) is 9.59 Å². The van der Waals surface area contributed by atoms with Gasteiger partial charge in [0, 0.05) is 6.42 Å². The Kier molecular flexibility index (Phi) is 6.44. The summed E-state index contributed by atoms with van der Waals surface area (Å²) in [4.78, 5) is 28.5. The van der Waals surface area contributed by atoms with Gasteiger partial charge in [0.2, 0.25) is 11.8 Å². The Morgan fingerprint density at radius 1 is 1.23 bits per heavy atom. The van der Waals surface area contributed by atoms with E-state index in [0.717, 1.165) is 28.8 Å². The Hall–Kier alpha value is -2.15. The van der Waals surface area contributed by atoms with Crippen molar-refractivity contribution in [1.82, 2.24) is 10.3 Å². The largest absolute Gasteiger partial charge is 0.494 e. The van der Waals surface area contributed by atoms with Gasteiger partial charge in [0.15, 0.2) is 5.13 Å². The number of ether oxygens (including phenoxy) is 1. The third-order valence-electron chi connectivity index (χ3n) is 4.56. The number of benzene rings is 1. The van der Waals surface area contributed by atoms with Crippen LogP contribution in [0.5, 0.6) is 5.75 Å². The van der Waals surface area contributed by atoms with E-state index < -0.39 is 0 Å². The molecule has 26 heavy (non-hydrogen) atoms. The predicted molar refractivity (Wildman–Crippen MR) is 104 cm³/mol. The zero-order valence-electron chi connectivity index (χ0n) is 15.0. The Bertz CT molecular complexity index is 768. The number of carbonyl (C=O) groups is 2. The normalized spacial score (nSPS) is 15.0. The molecule has 6 nitrogen and oxygen atoms in total. The van der Waals surface area contributed by atoms with Crippen molar-refractivity contribution in [2.24, 2.45) is 5.92 Å². The van der Waals surface area contributed by atoms with Gasteiger partial charge in [-0.15, -0.1) is 0 Å². The zero-order valence-corrected chi connectivity index (χ0v) is 15.9. The minimum atomic E-state index is -0.258. The van der Waals surface area contributed by atoms with Gasteiger partial charge in [-0.25, -0.2) is 4.98 Å². The van der Waals surface area contributed by atoms with E-state index >= 15 is 0 Å². The first-order chi connectivity index (χ1) is 12.6. The van der Waals surface area contributed by atoms with Crippen LogP contribution < -0.4 is 15.4 Å². The first kappa shape index (κ1) is 18.6. The fraction of sp³-hybridized carbons (Fsp3) is 0.526. The molecule has 0 spiro atoms. The van der Waals surface area contributed by atoms with E-state index in [1.807, 2.05) is 25.1 Å². The van der Waals surface area contributed by atoms with E-state index in [9.17, 15) is 9.59 Å². The summed E-state index contributed by atoms with van der Waals surface area (Å²) in [5.41, 5.74) is 0.815. The lowest BCUT2D eigenvalue weighted by atomic mass is 9.87. The molecule has 1 aromatic heterocycles. The van der Waals surface area contributed by atoms with Crippen molar-refractivity contribution in [3.05, 3.63) is 18.2 Å². The molecular formula is C19H25N3O3S. The topological polar surface area (TPSA) is 80.3 Å². The number of nitrogens with zero attached hydrogens (tertiary/aromatic N) is 1. The average Bonchev–Trinajstić information content (AvgIpc) is 3.02. The molecule has 0 bridgehead atoms. The van der Waals surface area contributed by atoms with E-state index in [2.05, 4.69) is 15.6 Å². The molecule has 140 valence electrons. The fourth-order valence-corrected chi connectivity index (χ4v) is 4.19. The van der Waals surface area contributed by atoms with E-state index in [1.165, 1.54) is 30.6 Å². The van der Waals surface area contributed by atoms with Crippen LogP contribution in [0.1, 0.15) is 45.4 Å². The van der Waals surface area contributed by atoms with Crippen molar-refractivity contribution in [2.45, 2.75) is 45.4 Å². The van der Waals surface area contributed by atoms with Crippen LogP contribution in [-0.2, 0) is 9.59 Å². The summed E-state index contributed by atoms with van der Waals surface area (Å²) in [6, 6.07) is 5.65. The fourth-order valence-electron chi connectivity index (χ4n) is 3.28. The first-order valence-electron chi connectivity index (χ1n) is 9.24. The van der Waals surface area contributed by atoms with Gasteiger partial charge >= 0.3 is 0 Å². The van der Waals surface area contributed by atoms with Crippen molar-refractivity contribution in [3.63, 3.8) is 0 Å². The number of carbonyl (C=O) groups excluding carboxylic acids is 2. The molecule has 3 rings (SSSR count). The van der Waals surface area contributed by atoms with Gasteiger partial charge in [-0.2, -0.15) is 0 Å². The quantitative estimate of drug-likeness (QED) is 0.773. The third-order valence-corrected chi connectivity index (χ3v) is 5.50. The number of thiazole rings is 1. The van der Waals surface area contributed by atoms with Crippen LogP contribution in [0.25, 0.3) is 10.2 Å². The summed E-state index contributed by atoms with van der Waals surface area (Å²) in [5.74, 6) is 0.955. The van der Waals surface area contributed by atoms with Gasteiger partial charge in [0.25, 0.3) is 0 Å². The molecular weight excluding hydrogens is 350 g/mol. The SMILES string of the molecule is CCOc1ccc2nc(NC(=O)CNC(=O)CC3CCCCC3)sc2c1. The van der Waals surface area contributed by atoms with Crippen LogP contribution in [0.15, 0.2) is 18.2 Å². The van der Waals surface area contributed by atoms with Crippen molar-refractivity contribution < 1.29 is 14.3 Å². The second-order valence-corrected chi connectivity index (χ2v) is 7.65. The van der Waals surface area contributed by atoms with Crippen molar-refractivity contribution in [1.29, 1.82) is 0 Å². The summed E-state index contributed by atoms with van der Waals surface area (Å²) in [6.45, 7) is 2.52. The maximum Gasteiger partial charge on any atom is 0.245 e. The van der Waals surface area contributed by atoms with Crippen molar-refractivity contribution in [2.75, 3.05) is 18.5 Å². The summed E-state index contributed by atoms with van der Waals surface area (Å²) in [5, 5.41) is 6.00. The number of aromatic nitrogens is 1. The second kappa shape index (κ2) is 8.98. The summed E-state index contributed by atoms with van der Waals surface area (Å²) < 4.78 is 6.43. The number of rotatable bonds is 7. The van der Waals surface area contributed by atoms with Gasteiger partial charge < -0.3 is 15.4 Å². The van der Waals surface area contributed by atoms with Gasteiger partial charge in [-0.1, -0.05) is 30.6 Å².